The van der Waals surface area contributed by atoms with Gasteiger partial charge in [-0.1, -0.05) is 0 Å². The lowest BCUT2D eigenvalue weighted by atomic mass is 10.9. The van der Waals surface area contributed by atoms with Crippen LogP contribution in [-0.2, 0) is 0 Å². The van der Waals surface area contributed by atoms with E-state index in [-0.39, 0.29) is 0 Å². The molecule has 0 aliphatic carbocycles. The van der Waals surface area contributed by atoms with E-state index in [9.17, 15) is 0 Å². The molecule has 0 aliphatic heterocycles. The highest BCUT2D eigenvalue weighted by Gasteiger charge is 1.69. The van der Waals surface area contributed by atoms with Crippen molar-refractivity contribution >= 4 is 6.21 Å². The minimum absolute atomic E-state index is 0.650. The van der Waals surface area contributed by atoms with Crippen LogP contribution in [0.5, 0.6) is 0 Å². The van der Waals surface area contributed by atoms with Crippen LogP contribution in [0.4, 0.5) is 0 Å². The molecule has 4 heteroatoms. The fourth-order valence-electron chi connectivity index (χ4n) is 0.206. The van der Waals surface area contributed by atoms with Gasteiger partial charge in [0.15, 0.2) is 6.67 Å². The molecule has 0 heterocycles. The van der Waals surface area contributed by atoms with Crippen molar-refractivity contribution in [3.63, 3.8) is 0 Å². The fraction of sp³-hybridized carbons (Fsp3) is 0.750. The van der Waals surface area contributed by atoms with Gasteiger partial charge in [0, 0.05) is 6.21 Å². The van der Waals surface area contributed by atoms with E-state index in [1.165, 1.54) is 0 Å². The van der Waals surface area contributed by atoms with Crippen molar-refractivity contribution in [2.45, 2.75) is 6.92 Å². The van der Waals surface area contributed by atoms with Crippen molar-refractivity contribution in [2.24, 2.45) is 15.4 Å². The molecule has 0 radical (unpaired) electrons. The van der Waals surface area contributed by atoms with E-state index in [1.54, 1.807) is 13.1 Å². The third kappa shape index (κ3) is 5.23. The molecule has 2 N–H and O–H groups in total. The van der Waals surface area contributed by atoms with Gasteiger partial charge in [-0.3, -0.25) is 0 Å². The van der Waals surface area contributed by atoms with Crippen LogP contribution in [0.2, 0.25) is 0 Å². The van der Waals surface area contributed by atoms with Crippen LogP contribution in [0.25, 0.3) is 0 Å². The van der Waals surface area contributed by atoms with Crippen molar-refractivity contribution in [3.05, 3.63) is 0 Å². The highest BCUT2D eigenvalue weighted by Crippen LogP contribution is 1.68. The van der Waals surface area contributed by atoms with Gasteiger partial charge < -0.3 is 5.32 Å². The summed E-state index contributed by atoms with van der Waals surface area (Å²) in [6.45, 7) is 2.45. The lowest BCUT2D eigenvalue weighted by Crippen LogP contribution is -2.79. The van der Waals surface area contributed by atoms with Gasteiger partial charge in [0.1, 0.15) is 0 Å². The van der Waals surface area contributed by atoms with Crippen LogP contribution in [0.1, 0.15) is 6.92 Å². The van der Waals surface area contributed by atoms with Crippen LogP contribution in [0, 0.1) is 0 Å². The SMILES string of the molecule is C/C=N\N=N/C[NH2+]C. The second-order valence-electron chi connectivity index (χ2n) is 1.20. The first-order chi connectivity index (χ1) is 3.91. The first kappa shape index (κ1) is 7.23. The van der Waals surface area contributed by atoms with E-state index < -0.39 is 0 Å². The quantitative estimate of drug-likeness (QED) is 0.295. The molecule has 0 saturated carbocycles. The van der Waals surface area contributed by atoms with Crippen LogP contribution in [-0.4, -0.2) is 19.9 Å². The second kappa shape index (κ2) is 6.23. The zero-order valence-electron chi connectivity index (χ0n) is 5.20. The molecular formula is C4H11N4+. The maximum atomic E-state index is 3.65. The van der Waals surface area contributed by atoms with Gasteiger partial charge in [0.05, 0.1) is 7.05 Å². The summed E-state index contributed by atoms with van der Waals surface area (Å²) in [4.78, 5) is 0. The monoisotopic (exact) mass is 115 g/mol. The lowest BCUT2D eigenvalue weighted by Gasteiger charge is -1.78. The molecule has 4 nitrogen and oxygen atoms in total. The smallest absolute Gasteiger partial charge is 0.190 e. The standard InChI is InChI=1S/C4H10N4/c1-3-6-8-7-4-5-2/h3,5H,4H2,1-2H3/p+1/b6-3-,8-7-. The zero-order chi connectivity index (χ0) is 6.24. The average Bonchev–Trinajstić information content (AvgIpc) is 1.81. The second-order valence-corrected chi connectivity index (χ2v) is 1.20. The van der Waals surface area contributed by atoms with Crippen LogP contribution >= 0.6 is 0 Å². The maximum Gasteiger partial charge on any atom is 0.190 e. The normalized spacial score (nSPS) is 11.8. The highest BCUT2D eigenvalue weighted by molar-refractivity contribution is 5.52. The summed E-state index contributed by atoms with van der Waals surface area (Å²) in [5.74, 6) is 0. The summed E-state index contributed by atoms with van der Waals surface area (Å²) < 4.78 is 0. The Kier molecular flexibility index (Phi) is 5.63. The number of hydrogen-bond donors (Lipinski definition) is 1. The van der Waals surface area contributed by atoms with Gasteiger partial charge in [-0.15, -0.1) is 10.2 Å². The summed E-state index contributed by atoms with van der Waals surface area (Å²) >= 11 is 0. The Bertz CT molecular complexity index is 86.0. The predicted octanol–water partition coefficient (Wildman–Crippen LogP) is -0.405. The largest absolute Gasteiger partial charge is 0.329 e. The predicted molar refractivity (Wildman–Crippen MR) is 31.7 cm³/mol. The first-order valence-corrected chi connectivity index (χ1v) is 2.54. The van der Waals surface area contributed by atoms with Gasteiger partial charge in [-0.05, 0) is 12.1 Å². The molecule has 8 heavy (non-hydrogen) atoms. The third-order valence-electron chi connectivity index (χ3n) is 0.495. The molecule has 0 amide bonds. The summed E-state index contributed by atoms with van der Waals surface area (Å²) in [5, 5.41) is 12.5. The number of nitrogens with two attached hydrogens (primary N) is 1. The molecule has 0 aromatic carbocycles. The van der Waals surface area contributed by atoms with Crippen molar-refractivity contribution in [1.82, 2.24) is 0 Å². The number of hydrogen-bond acceptors (Lipinski definition) is 2. The molecule has 0 aromatic rings. The van der Waals surface area contributed by atoms with Crippen molar-refractivity contribution in [1.29, 1.82) is 0 Å². The van der Waals surface area contributed by atoms with Crippen LogP contribution in [0.15, 0.2) is 15.4 Å². The van der Waals surface area contributed by atoms with Crippen molar-refractivity contribution < 1.29 is 5.32 Å². The van der Waals surface area contributed by atoms with E-state index in [2.05, 4.69) is 15.4 Å². The molecule has 0 fully saturated rings. The van der Waals surface area contributed by atoms with Crippen LogP contribution in [0.3, 0.4) is 0 Å². The minimum atomic E-state index is 0.650. The number of rotatable bonds is 3. The fourth-order valence-corrected chi connectivity index (χ4v) is 0.206. The topological polar surface area (TPSA) is 53.7 Å². The summed E-state index contributed by atoms with van der Waals surface area (Å²) in [6, 6.07) is 0. The molecule has 0 atom stereocenters. The Morgan fingerprint density at radius 1 is 1.62 bits per heavy atom. The Hall–Kier alpha value is -0.770. The molecule has 0 aliphatic rings. The molecular weight excluding hydrogens is 104 g/mol. The highest BCUT2D eigenvalue weighted by atomic mass is 15.4. The van der Waals surface area contributed by atoms with Crippen LogP contribution < -0.4 is 5.32 Å². The molecule has 0 unspecified atom stereocenters. The Morgan fingerprint density at radius 2 is 2.38 bits per heavy atom. The van der Waals surface area contributed by atoms with E-state index in [1.807, 2.05) is 12.4 Å². The average molecular weight is 115 g/mol. The Balaban J connectivity index is 3.07. The van der Waals surface area contributed by atoms with Gasteiger partial charge in [0.25, 0.3) is 0 Å². The van der Waals surface area contributed by atoms with Crippen molar-refractivity contribution in [3.8, 4) is 0 Å². The molecule has 0 spiro atoms. The molecule has 0 bridgehead atoms. The van der Waals surface area contributed by atoms with E-state index in [4.69, 9.17) is 0 Å². The first-order valence-electron chi connectivity index (χ1n) is 2.54. The Morgan fingerprint density at radius 3 is 2.88 bits per heavy atom. The third-order valence-corrected chi connectivity index (χ3v) is 0.495. The molecule has 0 aromatic heterocycles. The zero-order valence-corrected chi connectivity index (χ0v) is 5.20. The van der Waals surface area contributed by atoms with E-state index in [0.717, 1.165) is 0 Å². The summed E-state index contributed by atoms with van der Waals surface area (Å²) in [7, 11) is 1.93. The lowest BCUT2D eigenvalue weighted by molar-refractivity contribution is -0.626. The minimum Gasteiger partial charge on any atom is -0.329 e. The van der Waals surface area contributed by atoms with Gasteiger partial charge >= 0.3 is 0 Å². The molecule has 46 valence electrons. The number of quaternary nitrogens is 1. The number of nitrogens with zero attached hydrogens (tertiary/aromatic N) is 3. The van der Waals surface area contributed by atoms with Gasteiger partial charge in [-0.2, -0.15) is 0 Å². The summed E-state index contributed by atoms with van der Waals surface area (Å²) in [6.07, 6.45) is 1.60. The maximum absolute atomic E-state index is 3.65. The molecule has 0 saturated heterocycles. The van der Waals surface area contributed by atoms with Gasteiger partial charge in [-0.25, -0.2) is 0 Å². The summed E-state index contributed by atoms with van der Waals surface area (Å²) in [5.41, 5.74) is 0. The van der Waals surface area contributed by atoms with E-state index in [0.29, 0.717) is 6.67 Å². The van der Waals surface area contributed by atoms with Crippen molar-refractivity contribution in [2.75, 3.05) is 13.7 Å². The Labute approximate surface area is 48.7 Å². The molecule has 0 rings (SSSR count). The van der Waals surface area contributed by atoms with Gasteiger partial charge in [0.2, 0.25) is 0 Å². The van der Waals surface area contributed by atoms with E-state index >= 15 is 0 Å².